The van der Waals surface area contributed by atoms with Crippen LogP contribution in [0.15, 0.2) is 60.8 Å². The lowest BCUT2D eigenvalue weighted by atomic mass is 10.0. The molecule has 232 valence electrons. The summed E-state index contributed by atoms with van der Waals surface area (Å²) < 4.78 is 0. The molecule has 11 nitrogen and oxygen atoms in total. The minimum Gasteiger partial charge on any atom is -0.480 e. The Kier molecular flexibility index (Phi) is 13.5. The third kappa shape index (κ3) is 10.4. The van der Waals surface area contributed by atoms with Crippen LogP contribution in [-0.2, 0) is 32.0 Å². The normalized spacial score (nSPS) is 13.9. The van der Waals surface area contributed by atoms with E-state index in [-0.39, 0.29) is 12.8 Å². The molecule has 43 heavy (non-hydrogen) atoms. The van der Waals surface area contributed by atoms with Gasteiger partial charge in [-0.1, -0.05) is 48.5 Å². The van der Waals surface area contributed by atoms with Crippen LogP contribution in [0.1, 0.15) is 36.8 Å². The van der Waals surface area contributed by atoms with Gasteiger partial charge in [0.15, 0.2) is 0 Å². The maximum Gasteiger partial charge on any atom is 0.326 e. The highest BCUT2D eigenvalue weighted by Gasteiger charge is 2.30. The van der Waals surface area contributed by atoms with Gasteiger partial charge < -0.3 is 37.5 Å². The van der Waals surface area contributed by atoms with Crippen LogP contribution in [0.2, 0.25) is 0 Å². The monoisotopic (exact) mass is 610 g/mol. The van der Waals surface area contributed by atoms with Crippen molar-refractivity contribution in [2.45, 2.75) is 62.7 Å². The predicted molar refractivity (Wildman–Crippen MR) is 169 cm³/mol. The van der Waals surface area contributed by atoms with Crippen molar-refractivity contribution < 1.29 is 24.3 Å². The van der Waals surface area contributed by atoms with E-state index in [0.717, 1.165) is 22.0 Å². The maximum absolute atomic E-state index is 13.4. The first-order valence-corrected chi connectivity index (χ1v) is 15.8. The molecule has 4 unspecified atom stereocenters. The predicted octanol–water partition coefficient (Wildman–Crippen LogP) is 1.70. The molecule has 3 rings (SSSR count). The number of hydrogen-bond acceptors (Lipinski definition) is 7. The van der Waals surface area contributed by atoms with Gasteiger partial charge in [-0.3, -0.25) is 14.4 Å². The molecule has 3 amide bonds. The molecule has 4 atom stereocenters. The fourth-order valence-corrected chi connectivity index (χ4v) is 5.24. The zero-order chi connectivity index (χ0) is 31.2. The van der Waals surface area contributed by atoms with Gasteiger partial charge in [0.1, 0.15) is 18.1 Å². The van der Waals surface area contributed by atoms with E-state index in [1.165, 1.54) is 11.8 Å². The molecule has 1 aromatic heterocycles. The summed E-state index contributed by atoms with van der Waals surface area (Å²) in [6.45, 7) is 0.409. The van der Waals surface area contributed by atoms with Gasteiger partial charge in [-0.25, -0.2) is 4.79 Å². The number of amides is 3. The van der Waals surface area contributed by atoms with Crippen LogP contribution in [0.3, 0.4) is 0 Å². The smallest absolute Gasteiger partial charge is 0.326 e. The van der Waals surface area contributed by atoms with Gasteiger partial charge in [0, 0.05) is 23.5 Å². The van der Waals surface area contributed by atoms with Crippen molar-refractivity contribution in [3.8, 4) is 0 Å². The van der Waals surface area contributed by atoms with Crippen molar-refractivity contribution in [1.29, 1.82) is 0 Å². The molecule has 0 spiro atoms. The lowest BCUT2D eigenvalue weighted by molar-refractivity contribution is -0.142. The highest BCUT2D eigenvalue weighted by atomic mass is 32.2. The summed E-state index contributed by atoms with van der Waals surface area (Å²) in [5.74, 6) is -2.23. The Bertz CT molecular complexity index is 1350. The van der Waals surface area contributed by atoms with E-state index in [4.69, 9.17) is 11.5 Å². The molecule has 0 saturated carbocycles. The molecule has 1 heterocycles. The van der Waals surface area contributed by atoms with Gasteiger partial charge in [0.25, 0.3) is 0 Å². The minimum absolute atomic E-state index is 0.0558. The van der Waals surface area contributed by atoms with Gasteiger partial charge in [-0.2, -0.15) is 11.8 Å². The van der Waals surface area contributed by atoms with E-state index < -0.39 is 47.9 Å². The first-order valence-electron chi connectivity index (χ1n) is 14.4. The van der Waals surface area contributed by atoms with E-state index >= 15 is 0 Å². The molecule has 0 bridgehead atoms. The Labute approximate surface area is 255 Å². The maximum atomic E-state index is 13.4. The number of nitrogens with one attached hydrogen (secondary N) is 4. The molecule has 0 aliphatic rings. The van der Waals surface area contributed by atoms with E-state index in [1.54, 1.807) is 6.20 Å². The van der Waals surface area contributed by atoms with Crippen LogP contribution in [0.25, 0.3) is 10.9 Å². The van der Waals surface area contributed by atoms with Gasteiger partial charge in [-0.05, 0) is 67.9 Å². The number of carbonyl (C=O) groups excluding carboxylic acids is 3. The number of carbonyl (C=O) groups is 4. The van der Waals surface area contributed by atoms with E-state index in [1.807, 2.05) is 60.9 Å². The number of aromatic nitrogens is 1. The third-order valence-corrected chi connectivity index (χ3v) is 7.82. The number of fused-ring (bicyclic) bond motifs is 1. The lowest BCUT2D eigenvalue weighted by Crippen LogP contribution is -2.57. The summed E-state index contributed by atoms with van der Waals surface area (Å²) >= 11 is 1.52. The molecule has 2 aromatic carbocycles. The largest absolute Gasteiger partial charge is 0.480 e. The molecule has 3 aromatic rings. The summed E-state index contributed by atoms with van der Waals surface area (Å²) in [5, 5.41) is 18.9. The Morgan fingerprint density at radius 3 is 2.14 bits per heavy atom. The van der Waals surface area contributed by atoms with Gasteiger partial charge >= 0.3 is 5.97 Å². The topological polar surface area (TPSA) is 192 Å². The number of aromatic amines is 1. The molecule has 0 saturated heterocycles. The molecule has 9 N–H and O–H groups in total. The minimum atomic E-state index is -1.22. The second-order valence-electron chi connectivity index (χ2n) is 10.4. The number of H-pyrrole nitrogens is 1. The standard InChI is InChI=1S/C31H42N6O5S/c1-43-16-14-26(35-28(38)23(33)17-20-9-3-2-4-10-20)30(40)36-25(13-7-8-15-32)29(39)37-27(31(41)42)18-21-19-34-24-12-6-5-11-22(21)24/h2-6,9-12,19,23,25-27,34H,7-8,13-18,32-33H2,1H3,(H,35,38)(H,36,40)(H,37,39)(H,41,42). The number of carboxylic acid groups (broad SMARTS) is 1. The van der Waals surface area contributed by atoms with Crippen molar-refractivity contribution in [3.63, 3.8) is 0 Å². The molecule has 0 fully saturated rings. The molecule has 0 aliphatic heterocycles. The Morgan fingerprint density at radius 2 is 1.47 bits per heavy atom. The van der Waals surface area contributed by atoms with E-state index in [9.17, 15) is 24.3 Å². The number of para-hydroxylation sites is 1. The SMILES string of the molecule is CSCCC(NC(=O)C(N)Cc1ccccc1)C(=O)NC(CCCCN)C(=O)NC(Cc1c[nH]c2ccccc12)C(=O)O. The molecule has 12 heteroatoms. The van der Waals surface area contributed by atoms with E-state index in [0.29, 0.717) is 38.0 Å². The molecule has 0 aliphatic carbocycles. The van der Waals surface area contributed by atoms with Crippen LogP contribution in [0.5, 0.6) is 0 Å². The van der Waals surface area contributed by atoms with Crippen LogP contribution in [-0.4, -0.2) is 76.5 Å². The number of hydrogen-bond donors (Lipinski definition) is 7. The second kappa shape index (κ2) is 17.3. The highest BCUT2D eigenvalue weighted by Crippen LogP contribution is 2.19. The number of aliphatic carboxylic acids is 1. The van der Waals surface area contributed by atoms with Crippen molar-refractivity contribution in [2.24, 2.45) is 11.5 Å². The van der Waals surface area contributed by atoms with Crippen molar-refractivity contribution >= 4 is 46.4 Å². The lowest BCUT2D eigenvalue weighted by Gasteiger charge is -2.25. The fraction of sp³-hybridized carbons (Fsp3) is 0.419. The quantitative estimate of drug-likeness (QED) is 0.106. The highest BCUT2D eigenvalue weighted by molar-refractivity contribution is 7.98. The Balaban J connectivity index is 1.70. The van der Waals surface area contributed by atoms with Gasteiger partial charge in [-0.15, -0.1) is 0 Å². The number of rotatable bonds is 18. The summed E-state index contributed by atoms with van der Waals surface area (Å²) in [5.41, 5.74) is 14.3. The van der Waals surface area contributed by atoms with Crippen molar-refractivity contribution in [3.05, 3.63) is 71.9 Å². The average Bonchev–Trinajstić information content (AvgIpc) is 3.41. The number of nitrogens with two attached hydrogens (primary N) is 2. The summed E-state index contributed by atoms with van der Waals surface area (Å²) in [4.78, 5) is 55.1. The fourth-order valence-electron chi connectivity index (χ4n) is 4.77. The van der Waals surface area contributed by atoms with Crippen molar-refractivity contribution in [1.82, 2.24) is 20.9 Å². The molecule has 0 radical (unpaired) electrons. The number of thioether (sulfide) groups is 1. The van der Waals surface area contributed by atoms with Gasteiger partial charge in [0.05, 0.1) is 6.04 Å². The number of unbranched alkanes of at least 4 members (excludes halogenated alkanes) is 1. The van der Waals surface area contributed by atoms with Crippen molar-refractivity contribution in [2.75, 3.05) is 18.6 Å². The van der Waals surface area contributed by atoms with Crippen LogP contribution < -0.4 is 27.4 Å². The van der Waals surface area contributed by atoms with Crippen LogP contribution in [0, 0.1) is 0 Å². The molecular formula is C31H42N6O5S. The average molecular weight is 611 g/mol. The summed E-state index contributed by atoms with van der Waals surface area (Å²) in [6.07, 6.45) is 5.73. The Hall–Kier alpha value is -3.87. The zero-order valence-corrected chi connectivity index (χ0v) is 25.2. The first kappa shape index (κ1) is 33.6. The van der Waals surface area contributed by atoms with E-state index in [2.05, 4.69) is 20.9 Å². The molecular weight excluding hydrogens is 568 g/mol. The summed E-state index contributed by atoms with van der Waals surface area (Å²) in [7, 11) is 0. The summed E-state index contributed by atoms with van der Waals surface area (Å²) in [6, 6.07) is 12.8. The second-order valence-corrected chi connectivity index (χ2v) is 11.4. The van der Waals surface area contributed by atoms with Gasteiger partial charge in [0.2, 0.25) is 17.7 Å². The zero-order valence-electron chi connectivity index (χ0n) is 24.4. The number of carboxylic acids is 1. The van der Waals surface area contributed by atoms with Crippen LogP contribution >= 0.6 is 11.8 Å². The van der Waals surface area contributed by atoms with Crippen LogP contribution in [0.4, 0.5) is 0 Å². The first-order chi connectivity index (χ1) is 20.7. The number of benzene rings is 2. The Morgan fingerprint density at radius 1 is 0.837 bits per heavy atom. The third-order valence-electron chi connectivity index (χ3n) is 7.17.